The van der Waals surface area contributed by atoms with Gasteiger partial charge in [-0.25, -0.2) is 0 Å². The van der Waals surface area contributed by atoms with Crippen LogP contribution in [0, 0.1) is 17.0 Å². The summed E-state index contributed by atoms with van der Waals surface area (Å²) in [6.07, 6.45) is -4.46. The third-order valence-corrected chi connectivity index (χ3v) is 6.31. The highest BCUT2D eigenvalue weighted by molar-refractivity contribution is 7.99. The van der Waals surface area contributed by atoms with Crippen molar-refractivity contribution in [3.05, 3.63) is 99.9 Å². The molecule has 0 fully saturated rings. The van der Waals surface area contributed by atoms with Gasteiger partial charge in [-0.1, -0.05) is 42.1 Å². The summed E-state index contributed by atoms with van der Waals surface area (Å²) in [5.74, 6) is -0.0432. The van der Waals surface area contributed by atoms with E-state index in [1.165, 1.54) is 18.2 Å². The maximum absolute atomic E-state index is 13.1. The molecular formula is C25H21F3N6O3S. The molecule has 4 aromatic rings. The van der Waals surface area contributed by atoms with E-state index in [-0.39, 0.29) is 23.7 Å². The summed E-state index contributed by atoms with van der Waals surface area (Å²) < 4.78 is 40.9. The maximum Gasteiger partial charge on any atom is 0.416 e. The molecule has 0 saturated carbocycles. The number of carbonyl (C=O) groups is 1. The number of para-hydroxylation sites is 1. The quantitative estimate of drug-likeness (QED) is 0.155. The number of alkyl halides is 3. The third-order valence-electron chi connectivity index (χ3n) is 5.38. The van der Waals surface area contributed by atoms with Crippen LogP contribution in [0.25, 0.3) is 5.69 Å². The van der Waals surface area contributed by atoms with Gasteiger partial charge < -0.3 is 10.6 Å². The molecule has 1 aromatic heterocycles. The summed E-state index contributed by atoms with van der Waals surface area (Å²) >= 11 is 1.10. The number of carbonyl (C=O) groups excluding carboxylic acids is 1. The lowest BCUT2D eigenvalue weighted by molar-refractivity contribution is -0.385. The van der Waals surface area contributed by atoms with Gasteiger partial charge in [-0.3, -0.25) is 19.5 Å². The number of nitro benzene ring substituents is 1. The number of rotatable bonds is 9. The first kappa shape index (κ1) is 26.7. The molecule has 0 bridgehead atoms. The number of nitro groups is 1. The first-order valence-electron chi connectivity index (χ1n) is 11.2. The van der Waals surface area contributed by atoms with E-state index in [9.17, 15) is 28.1 Å². The van der Waals surface area contributed by atoms with Crippen LogP contribution in [-0.2, 0) is 17.5 Å². The van der Waals surface area contributed by atoms with Crippen molar-refractivity contribution in [2.45, 2.75) is 24.8 Å². The number of aromatic nitrogens is 3. The van der Waals surface area contributed by atoms with Gasteiger partial charge in [0.2, 0.25) is 5.91 Å². The van der Waals surface area contributed by atoms with Crippen molar-refractivity contribution in [2.24, 2.45) is 0 Å². The van der Waals surface area contributed by atoms with Crippen LogP contribution in [0.3, 0.4) is 0 Å². The zero-order chi connectivity index (χ0) is 27.3. The average molecular weight is 543 g/mol. The van der Waals surface area contributed by atoms with E-state index in [0.29, 0.717) is 27.9 Å². The smallest absolute Gasteiger partial charge is 0.378 e. The van der Waals surface area contributed by atoms with Crippen molar-refractivity contribution >= 4 is 34.7 Å². The first-order valence-corrected chi connectivity index (χ1v) is 12.2. The number of halogens is 3. The molecule has 0 atom stereocenters. The first-order chi connectivity index (χ1) is 18.1. The summed E-state index contributed by atoms with van der Waals surface area (Å²) in [6.45, 7) is 1.68. The third kappa shape index (κ3) is 6.48. The van der Waals surface area contributed by atoms with Gasteiger partial charge in [0.25, 0.3) is 5.69 Å². The molecule has 0 spiro atoms. The largest absolute Gasteiger partial charge is 0.416 e. The molecule has 0 saturated heterocycles. The molecule has 0 aliphatic rings. The highest BCUT2D eigenvalue weighted by Gasteiger charge is 2.30. The molecule has 196 valence electrons. The molecule has 0 aliphatic heterocycles. The zero-order valence-corrected chi connectivity index (χ0v) is 20.7. The molecule has 1 amide bonds. The number of anilines is 2. The number of benzene rings is 3. The fourth-order valence-corrected chi connectivity index (χ4v) is 4.31. The van der Waals surface area contributed by atoms with Gasteiger partial charge >= 0.3 is 6.18 Å². The number of amides is 1. The second-order valence-electron chi connectivity index (χ2n) is 8.10. The van der Waals surface area contributed by atoms with Gasteiger partial charge in [0.1, 0.15) is 0 Å². The fraction of sp³-hybridized carbons (Fsp3) is 0.160. The Bertz CT molecular complexity index is 1460. The number of nitrogens with zero attached hydrogens (tertiary/aromatic N) is 4. The number of hydrogen-bond donors (Lipinski definition) is 2. The van der Waals surface area contributed by atoms with E-state index < -0.39 is 22.6 Å². The van der Waals surface area contributed by atoms with Crippen LogP contribution < -0.4 is 10.6 Å². The monoisotopic (exact) mass is 542 g/mol. The fourth-order valence-electron chi connectivity index (χ4n) is 3.54. The second kappa shape index (κ2) is 11.3. The summed E-state index contributed by atoms with van der Waals surface area (Å²) in [5.41, 5.74) is 0.872. The SMILES string of the molecule is Cc1ccc(NC(=O)CSc2nnc(CNc3cccc(C(F)(F)F)c3)n2-c2ccccc2)cc1[N+](=O)[O-]. The topological polar surface area (TPSA) is 115 Å². The molecule has 2 N–H and O–H groups in total. The molecule has 3 aromatic carbocycles. The van der Waals surface area contributed by atoms with Crippen LogP contribution in [-0.4, -0.2) is 31.3 Å². The zero-order valence-electron chi connectivity index (χ0n) is 19.9. The van der Waals surface area contributed by atoms with E-state index in [4.69, 9.17) is 0 Å². The number of hydrogen-bond acceptors (Lipinski definition) is 7. The Morgan fingerprint density at radius 1 is 1.03 bits per heavy atom. The molecule has 0 radical (unpaired) electrons. The Hall–Kier alpha value is -4.39. The molecule has 13 heteroatoms. The Balaban J connectivity index is 1.49. The lowest BCUT2D eigenvalue weighted by Crippen LogP contribution is -2.15. The predicted octanol–water partition coefficient (Wildman–Crippen LogP) is 5.85. The standard InChI is InChI=1S/C25H21F3N6O3S/c1-16-10-11-19(13-21(16)34(36)37)30-23(35)15-38-24-32-31-22(33(24)20-8-3-2-4-9-20)14-29-18-7-5-6-17(12-18)25(26,27)28/h2-13,29H,14-15H2,1H3,(H,30,35). The van der Waals surface area contributed by atoms with Gasteiger partial charge in [-0.05, 0) is 43.3 Å². The van der Waals surface area contributed by atoms with Crippen LogP contribution in [0.2, 0.25) is 0 Å². The Morgan fingerprint density at radius 3 is 2.50 bits per heavy atom. The van der Waals surface area contributed by atoms with Crippen LogP contribution in [0.4, 0.5) is 30.2 Å². The van der Waals surface area contributed by atoms with Gasteiger partial charge in [-0.2, -0.15) is 13.2 Å². The Labute approximate surface area is 219 Å². The summed E-state index contributed by atoms with van der Waals surface area (Å²) in [4.78, 5) is 23.2. The number of thioether (sulfide) groups is 1. The van der Waals surface area contributed by atoms with Crippen molar-refractivity contribution in [2.75, 3.05) is 16.4 Å². The maximum atomic E-state index is 13.1. The van der Waals surface area contributed by atoms with E-state index in [1.807, 2.05) is 30.3 Å². The minimum absolute atomic E-state index is 0.0618. The minimum Gasteiger partial charge on any atom is -0.378 e. The average Bonchev–Trinajstić information content (AvgIpc) is 3.30. The van der Waals surface area contributed by atoms with Crippen molar-refractivity contribution in [1.29, 1.82) is 0 Å². The van der Waals surface area contributed by atoms with Crippen LogP contribution >= 0.6 is 11.8 Å². The van der Waals surface area contributed by atoms with Crippen molar-refractivity contribution in [3.8, 4) is 5.69 Å². The molecule has 38 heavy (non-hydrogen) atoms. The molecule has 9 nitrogen and oxygen atoms in total. The van der Waals surface area contributed by atoms with E-state index in [1.54, 1.807) is 23.6 Å². The van der Waals surface area contributed by atoms with Gasteiger partial charge in [0.05, 0.1) is 22.8 Å². The Kier molecular flexibility index (Phi) is 7.96. The summed E-state index contributed by atoms with van der Waals surface area (Å²) in [6, 6.07) is 18.3. The normalized spacial score (nSPS) is 11.3. The van der Waals surface area contributed by atoms with Gasteiger partial charge in [0, 0.05) is 28.7 Å². The molecule has 1 heterocycles. The molecule has 0 unspecified atom stereocenters. The lowest BCUT2D eigenvalue weighted by Gasteiger charge is -2.13. The molecule has 0 aliphatic carbocycles. The molecule has 4 rings (SSSR count). The second-order valence-corrected chi connectivity index (χ2v) is 9.04. The molecular weight excluding hydrogens is 521 g/mol. The van der Waals surface area contributed by atoms with Crippen molar-refractivity contribution in [3.63, 3.8) is 0 Å². The lowest BCUT2D eigenvalue weighted by atomic mass is 10.2. The summed E-state index contributed by atoms with van der Waals surface area (Å²) in [5, 5.41) is 25.5. The number of nitrogens with one attached hydrogen (secondary N) is 2. The summed E-state index contributed by atoms with van der Waals surface area (Å²) in [7, 11) is 0. The van der Waals surface area contributed by atoms with Crippen molar-refractivity contribution in [1.82, 2.24) is 14.8 Å². The highest BCUT2D eigenvalue weighted by atomic mass is 32.2. The minimum atomic E-state index is -4.46. The predicted molar refractivity (Wildman–Crippen MR) is 137 cm³/mol. The van der Waals surface area contributed by atoms with Gasteiger partial charge in [-0.15, -0.1) is 10.2 Å². The van der Waals surface area contributed by atoms with Gasteiger partial charge in [0.15, 0.2) is 11.0 Å². The van der Waals surface area contributed by atoms with Crippen LogP contribution in [0.15, 0.2) is 78.0 Å². The van der Waals surface area contributed by atoms with Crippen LogP contribution in [0.5, 0.6) is 0 Å². The van der Waals surface area contributed by atoms with E-state index >= 15 is 0 Å². The number of aryl methyl sites for hydroxylation is 1. The van der Waals surface area contributed by atoms with E-state index in [0.717, 1.165) is 23.9 Å². The van der Waals surface area contributed by atoms with Crippen LogP contribution in [0.1, 0.15) is 17.0 Å². The Morgan fingerprint density at radius 2 is 1.79 bits per heavy atom. The van der Waals surface area contributed by atoms with E-state index in [2.05, 4.69) is 20.8 Å². The van der Waals surface area contributed by atoms with Crippen molar-refractivity contribution < 1.29 is 22.9 Å². The highest BCUT2D eigenvalue weighted by Crippen LogP contribution is 2.31.